The van der Waals surface area contributed by atoms with Crippen LogP contribution in [0.15, 0.2) is 36.4 Å². The molecule has 0 aliphatic heterocycles. The maximum atomic E-state index is 13.0. The van der Waals surface area contributed by atoms with E-state index in [1.165, 1.54) is 18.2 Å². The summed E-state index contributed by atoms with van der Waals surface area (Å²) >= 11 is 11.9. The summed E-state index contributed by atoms with van der Waals surface area (Å²) in [5.41, 5.74) is 1.78. The lowest BCUT2D eigenvalue weighted by Crippen LogP contribution is -2.06. The van der Waals surface area contributed by atoms with Crippen LogP contribution in [-0.4, -0.2) is 5.78 Å². The highest BCUT2D eigenvalue weighted by Gasteiger charge is 2.13. The maximum absolute atomic E-state index is 13.0. The molecule has 1 nitrogen and oxygen atoms in total. The molecule has 0 amide bonds. The van der Waals surface area contributed by atoms with Gasteiger partial charge >= 0.3 is 0 Å². The Bertz CT molecular complexity index is 638. The number of Topliss-reactive ketones (excluding diaryl/α,β-unsaturated/α-hetero) is 1. The quantitative estimate of drug-likeness (QED) is 0.739. The summed E-state index contributed by atoms with van der Waals surface area (Å²) in [7, 11) is 0. The normalized spacial score (nSPS) is 10.5. The largest absolute Gasteiger partial charge is 0.294 e. The molecule has 2 rings (SSSR count). The minimum atomic E-state index is -0.352. The van der Waals surface area contributed by atoms with Crippen molar-refractivity contribution in [2.24, 2.45) is 0 Å². The number of aryl methyl sites for hydroxylation is 1. The lowest BCUT2D eigenvalue weighted by atomic mass is 9.99. The molecule has 0 saturated carbocycles. The Morgan fingerprint density at radius 2 is 1.95 bits per heavy atom. The second kappa shape index (κ2) is 5.72. The summed E-state index contributed by atoms with van der Waals surface area (Å²) in [5, 5.41) is 0.806. The minimum Gasteiger partial charge on any atom is -0.294 e. The summed E-state index contributed by atoms with van der Waals surface area (Å²) in [6.45, 7) is 1.70. The van der Waals surface area contributed by atoms with Gasteiger partial charge < -0.3 is 0 Å². The van der Waals surface area contributed by atoms with Gasteiger partial charge in [-0.15, -0.1) is 0 Å². The van der Waals surface area contributed by atoms with Crippen molar-refractivity contribution in [3.8, 4) is 0 Å². The van der Waals surface area contributed by atoms with E-state index < -0.39 is 0 Å². The average Bonchev–Trinajstić information content (AvgIpc) is 2.34. The van der Waals surface area contributed by atoms with Crippen LogP contribution in [0, 0.1) is 12.7 Å². The molecule has 0 aromatic heterocycles. The molecule has 0 N–H and O–H groups in total. The minimum absolute atomic E-state index is 0.110. The summed E-state index contributed by atoms with van der Waals surface area (Å²) in [5.74, 6) is -0.462. The number of ketones is 1. The van der Waals surface area contributed by atoms with Crippen LogP contribution in [0.2, 0.25) is 10.0 Å². The fraction of sp³-hybridized carbons (Fsp3) is 0.133. The molecule has 0 heterocycles. The standard InChI is InChI=1S/C15H11Cl2FO/c1-9-7-11(18)5-6-12(9)14(19)8-10-3-2-4-13(16)15(10)17/h2-7H,8H2,1H3. The third kappa shape index (κ3) is 3.14. The molecule has 0 aliphatic rings. The van der Waals surface area contributed by atoms with Crippen LogP contribution in [0.1, 0.15) is 21.5 Å². The van der Waals surface area contributed by atoms with Crippen molar-refractivity contribution in [3.05, 3.63) is 69.0 Å². The van der Waals surface area contributed by atoms with Crippen molar-refractivity contribution in [2.75, 3.05) is 0 Å². The van der Waals surface area contributed by atoms with Gasteiger partial charge in [0.2, 0.25) is 0 Å². The highest BCUT2D eigenvalue weighted by molar-refractivity contribution is 6.42. The van der Waals surface area contributed by atoms with Gasteiger partial charge in [0.15, 0.2) is 5.78 Å². The zero-order valence-electron chi connectivity index (χ0n) is 10.2. The first-order valence-electron chi connectivity index (χ1n) is 5.71. The second-order valence-corrected chi connectivity index (χ2v) is 5.06. The van der Waals surface area contributed by atoms with E-state index >= 15 is 0 Å². The van der Waals surface area contributed by atoms with Crippen molar-refractivity contribution in [1.29, 1.82) is 0 Å². The van der Waals surface area contributed by atoms with E-state index in [2.05, 4.69) is 0 Å². The summed E-state index contributed by atoms with van der Waals surface area (Å²) in [6, 6.07) is 9.28. The van der Waals surface area contributed by atoms with Gasteiger partial charge in [-0.25, -0.2) is 4.39 Å². The topological polar surface area (TPSA) is 17.1 Å². The Balaban J connectivity index is 2.28. The van der Waals surface area contributed by atoms with Crippen LogP contribution in [0.25, 0.3) is 0 Å². The van der Waals surface area contributed by atoms with E-state index in [4.69, 9.17) is 23.2 Å². The Morgan fingerprint density at radius 3 is 2.63 bits per heavy atom. The molecule has 98 valence electrons. The molecule has 0 unspecified atom stereocenters. The third-order valence-electron chi connectivity index (χ3n) is 2.87. The predicted octanol–water partition coefficient (Wildman–Crippen LogP) is 4.87. The molecule has 0 atom stereocenters. The van der Waals surface area contributed by atoms with Crippen LogP contribution < -0.4 is 0 Å². The molecular formula is C15H11Cl2FO. The van der Waals surface area contributed by atoms with Crippen LogP contribution in [0.5, 0.6) is 0 Å². The number of halogens is 3. The van der Waals surface area contributed by atoms with Gasteiger partial charge in [0.25, 0.3) is 0 Å². The van der Waals surface area contributed by atoms with Crippen molar-refractivity contribution < 1.29 is 9.18 Å². The second-order valence-electron chi connectivity index (χ2n) is 4.27. The lowest BCUT2D eigenvalue weighted by Gasteiger charge is -2.07. The SMILES string of the molecule is Cc1cc(F)ccc1C(=O)Cc1cccc(Cl)c1Cl. The third-order valence-corrected chi connectivity index (χ3v) is 3.73. The van der Waals surface area contributed by atoms with Gasteiger partial charge in [-0.3, -0.25) is 4.79 Å². The van der Waals surface area contributed by atoms with Crippen LogP contribution >= 0.6 is 23.2 Å². The first kappa shape index (κ1) is 14.0. The highest BCUT2D eigenvalue weighted by atomic mass is 35.5. The van der Waals surface area contributed by atoms with Crippen LogP contribution in [-0.2, 0) is 6.42 Å². The van der Waals surface area contributed by atoms with E-state index in [0.29, 0.717) is 26.7 Å². The van der Waals surface area contributed by atoms with Gasteiger partial charge in [-0.2, -0.15) is 0 Å². The Kier molecular flexibility index (Phi) is 4.23. The number of carbonyl (C=O) groups excluding carboxylic acids is 1. The van der Waals surface area contributed by atoms with Crippen molar-refractivity contribution in [3.63, 3.8) is 0 Å². The number of carbonyl (C=O) groups is 1. The van der Waals surface area contributed by atoms with Gasteiger partial charge in [0.05, 0.1) is 10.0 Å². The van der Waals surface area contributed by atoms with Gasteiger partial charge in [-0.1, -0.05) is 35.3 Å². The van der Waals surface area contributed by atoms with E-state index in [9.17, 15) is 9.18 Å². The highest BCUT2D eigenvalue weighted by Crippen LogP contribution is 2.26. The van der Waals surface area contributed by atoms with E-state index in [1.807, 2.05) is 0 Å². The number of hydrogen-bond donors (Lipinski definition) is 0. The van der Waals surface area contributed by atoms with E-state index in [1.54, 1.807) is 25.1 Å². The average molecular weight is 297 g/mol. The van der Waals surface area contributed by atoms with Gasteiger partial charge in [-0.05, 0) is 42.3 Å². The molecule has 19 heavy (non-hydrogen) atoms. The molecular weight excluding hydrogens is 286 g/mol. The summed E-state index contributed by atoms with van der Waals surface area (Å²) in [4.78, 5) is 12.2. The molecule has 0 spiro atoms. The fourth-order valence-electron chi connectivity index (χ4n) is 1.89. The van der Waals surface area contributed by atoms with Crippen LogP contribution in [0.3, 0.4) is 0 Å². The summed E-state index contributed by atoms with van der Waals surface area (Å²) < 4.78 is 13.0. The van der Waals surface area contributed by atoms with Gasteiger partial charge in [0.1, 0.15) is 5.82 Å². The molecule has 0 radical (unpaired) electrons. The Morgan fingerprint density at radius 1 is 1.21 bits per heavy atom. The first-order chi connectivity index (χ1) is 8.99. The predicted molar refractivity (Wildman–Crippen MR) is 75.6 cm³/mol. The molecule has 0 fully saturated rings. The molecule has 0 aliphatic carbocycles. The number of hydrogen-bond acceptors (Lipinski definition) is 1. The molecule has 0 bridgehead atoms. The van der Waals surface area contributed by atoms with E-state index in [0.717, 1.165) is 0 Å². The molecule has 2 aromatic rings. The zero-order chi connectivity index (χ0) is 14.0. The fourth-order valence-corrected chi connectivity index (χ4v) is 2.28. The number of rotatable bonds is 3. The van der Waals surface area contributed by atoms with Crippen molar-refractivity contribution in [2.45, 2.75) is 13.3 Å². The van der Waals surface area contributed by atoms with Crippen molar-refractivity contribution in [1.82, 2.24) is 0 Å². The maximum Gasteiger partial charge on any atom is 0.167 e. The Labute approximate surface area is 121 Å². The van der Waals surface area contributed by atoms with Crippen LogP contribution in [0.4, 0.5) is 4.39 Å². The number of benzene rings is 2. The Hall–Kier alpha value is -1.38. The molecule has 4 heteroatoms. The van der Waals surface area contributed by atoms with Gasteiger partial charge in [0, 0.05) is 12.0 Å². The van der Waals surface area contributed by atoms with Crippen molar-refractivity contribution >= 4 is 29.0 Å². The molecule has 0 saturated heterocycles. The smallest absolute Gasteiger partial charge is 0.167 e. The zero-order valence-corrected chi connectivity index (χ0v) is 11.7. The monoisotopic (exact) mass is 296 g/mol. The van der Waals surface area contributed by atoms with E-state index in [-0.39, 0.29) is 18.0 Å². The lowest BCUT2D eigenvalue weighted by molar-refractivity contribution is 0.0992. The summed E-state index contributed by atoms with van der Waals surface area (Å²) in [6.07, 6.45) is 0.145. The molecule has 2 aromatic carbocycles. The first-order valence-corrected chi connectivity index (χ1v) is 6.47.